The van der Waals surface area contributed by atoms with Gasteiger partial charge in [-0.25, -0.2) is 9.59 Å². The topological polar surface area (TPSA) is 114 Å². The Morgan fingerprint density at radius 2 is 1.77 bits per heavy atom. The molecule has 2 N–H and O–H groups in total. The average molecular weight is 475 g/mol. The van der Waals surface area contributed by atoms with E-state index in [4.69, 9.17) is 4.74 Å². The number of aromatic nitrogens is 2. The van der Waals surface area contributed by atoms with Gasteiger partial charge in [0.1, 0.15) is 18.7 Å². The number of carbonyl (C=O) groups excluding carboxylic acids is 2. The standard InChI is InChI=1S/C26H26N4O5/c1-26(24(32)33)11-6-12-30(26)23(31)15-29-14-17(13-27-29)28-25(34)35-16-22-20-9-4-2-7-18(20)19-8-3-5-10-21(19)22/h2-5,7-10,13-14,22H,6,11-12,15-16H2,1H3,(H,28,34)(H,32,33). The molecule has 2 aromatic carbocycles. The summed E-state index contributed by atoms with van der Waals surface area (Å²) in [6.45, 7) is 2.03. The number of hydrogen-bond donors (Lipinski definition) is 2. The van der Waals surface area contributed by atoms with E-state index in [0.717, 1.165) is 22.3 Å². The van der Waals surface area contributed by atoms with Gasteiger partial charge < -0.3 is 14.7 Å². The first-order valence-corrected chi connectivity index (χ1v) is 11.5. The molecule has 0 saturated carbocycles. The van der Waals surface area contributed by atoms with Gasteiger partial charge in [0.05, 0.1) is 11.9 Å². The summed E-state index contributed by atoms with van der Waals surface area (Å²) in [7, 11) is 0. The zero-order valence-electron chi connectivity index (χ0n) is 19.3. The number of carboxylic acid groups (broad SMARTS) is 1. The third-order valence-corrected chi connectivity index (χ3v) is 6.92. The monoisotopic (exact) mass is 474 g/mol. The maximum absolute atomic E-state index is 12.7. The fourth-order valence-electron chi connectivity index (χ4n) is 5.08. The van der Waals surface area contributed by atoms with E-state index in [1.807, 2.05) is 24.3 Å². The van der Waals surface area contributed by atoms with Crippen LogP contribution in [0.15, 0.2) is 60.9 Å². The highest BCUT2D eigenvalue weighted by atomic mass is 16.5. The number of carboxylic acids is 1. The summed E-state index contributed by atoms with van der Waals surface area (Å²) in [6.07, 6.45) is 3.39. The minimum Gasteiger partial charge on any atom is -0.480 e. The second-order valence-corrected chi connectivity index (χ2v) is 9.11. The van der Waals surface area contributed by atoms with Crippen LogP contribution in [0.25, 0.3) is 11.1 Å². The van der Waals surface area contributed by atoms with Crippen LogP contribution in [-0.4, -0.2) is 56.4 Å². The first-order chi connectivity index (χ1) is 16.9. The number of ether oxygens (including phenoxy) is 1. The minimum absolute atomic E-state index is 0.0440. The Hall–Kier alpha value is -4.14. The number of aliphatic carboxylic acids is 1. The van der Waals surface area contributed by atoms with E-state index in [2.05, 4.69) is 34.7 Å². The number of anilines is 1. The lowest BCUT2D eigenvalue weighted by Crippen LogP contribution is -2.51. The molecule has 0 radical (unpaired) electrons. The molecule has 0 bridgehead atoms. The molecule has 3 aromatic rings. The number of benzene rings is 2. The van der Waals surface area contributed by atoms with Crippen LogP contribution in [0.3, 0.4) is 0 Å². The van der Waals surface area contributed by atoms with E-state index in [0.29, 0.717) is 25.1 Å². The molecule has 2 aliphatic rings. The second-order valence-electron chi connectivity index (χ2n) is 9.11. The van der Waals surface area contributed by atoms with Gasteiger partial charge in [0.15, 0.2) is 0 Å². The molecular weight excluding hydrogens is 448 g/mol. The molecule has 180 valence electrons. The number of nitrogens with zero attached hydrogens (tertiary/aromatic N) is 3. The van der Waals surface area contributed by atoms with Crippen LogP contribution in [0, 0.1) is 0 Å². The predicted octanol–water partition coefficient (Wildman–Crippen LogP) is 3.71. The SMILES string of the molecule is CC1(C(=O)O)CCCN1C(=O)Cn1cc(NC(=O)OCC2c3ccccc3-c3ccccc32)cn1. The van der Waals surface area contributed by atoms with Crippen molar-refractivity contribution in [1.82, 2.24) is 14.7 Å². The number of fused-ring (bicyclic) bond motifs is 3. The molecule has 9 heteroatoms. The molecule has 2 amide bonds. The second kappa shape index (κ2) is 8.90. The summed E-state index contributed by atoms with van der Waals surface area (Å²) in [5.41, 5.74) is 3.75. The molecule has 2 heterocycles. The van der Waals surface area contributed by atoms with Crippen molar-refractivity contribution in [2.24, 2.45) is 0 Å². The highest BCUT2D eigenvalue weighted by Crippen LogP contribution is 2.44. The van der Waals surface area contributed by atoms with E-state index in [-0.39, 0.29) is 25.0 Å². The van der Waals surface area contributed by atoms with Crippen LogP contribution in [0.5, 0.6) is 0 Å². The van der Waals surface area contributed by atoms with Crippen LogP contribution in [0.4, 0.5) is 10.5 Å². The molecule has 1 unspecified atom stereocenters. The summed E-state index contributed by atoms with van der Waals surface area (Å²) in [4.78, 5) is 38.2. The maximum atomic E-state index is 12.7. The highest BCUT2D eigenvalue weighted by molar-refractivity contribution is 5.88. The molecule has 1 aromatic heterocycles. The lowest BCUT2D eigenvalue weighted by atomic mass is 9.98. The summed E-state index contributed by atoms with van der Waals surface area (Å²) in [5, 5.41) is 16.3. The minimum atomic E-state index is -1.20. The Morgan fingerprint density at radius 3 is 2.43 bits per heavy atom. The van der Waals surface area contributed by atoms with Gasteiger partial charge in [-0.15, -0.1) is 0 Å². The molecule has 1 fully saturated rings. The number of amides is 2. The zero-order chi connectivity index (χ0) is 24.6. The average Bonchev–Trinajstić information content (AvgIpc) is 3.54. The van der Waals surface area contributed by atoms with Crippen molar-refractivity contribution in [3.8, 4) is 11.1 Å². The van der Waals surface area contributed by atoms with Gasteiger partial charge in [-0.2, -0.15) is 5.10 Å². The van der Waals surface area contributed by atoms with Gasteiger partial charge in [0, 0.05) is 18.7 Å². The van der Waals surface area contributed by atoms with Crippen LogP contribution < -0.4 is 5.32 Å². The first-order valence-electron chi connectivity index (χ1n) is 11.5. The van der Waals surface area contributed by atoms with E-state index in [1.54, 1.807) is 6.92 Å². The smallest absolute Gasteiger partial charge is 0.411 e. The first kappa shape index (κ1) is 22.6. The molecule has 1 aliphatic carbocycles. The fourth-order valence-corrected chi connectivity index (χ4v) is 5.08. The van der Waals surface area contributed by atoms with Crippen molar-refractivity contribution >= 4 is 23.7 Å². The number of nitrogens with one attached hydrogen (secondary N) is 1. The van der Waals surface area contributed by atoms with E-state index in [1.165, 1.54) is 22.0 Å². The lowest BCUT2D eigenvalue weighted by molar-refractivity contribution is -0.155. The van der Waals surface area contributed by atoms with E-state index >= 15 is 0 Å². The van der Waals surface area contributed by atoms with E-state index in [9.17, 15) is 19.5 Å². The molecular formula is C26H26N4O5. The fraction of sp³-hybridized carbons (Fsp3) is 0.308. The van der Waals surface area contributed by atoms with Gasteiger partial charge in [0.25, 0.3) is 0 Å². The van der Waals surface area contributed by atoms with Crippen LogP contribution in [0.1, 0.15) is 36.8 Å². The molecule has 1 saturated heterocycles. The third-order valence-electron chi connectivity index (χ3n) is 6.92. The van der Waals surface area contributed by atoms with Crippen LogP contribution in [-0.2, 0) is 20.9 Å². The summed E-state index contributed by atoms with van der Waals surface area (Å²) < 4.78 is 6.92. The number of rotatable bonds is 6. The Kier molecular flexibility index (Phi) is 5.76. The molecule has 1 atom stereocenters. The van der Waals surface area contributed by atoms with Gasteiger partial charge in [0.2, 0.25) is 5.91 Å². The summed E-state index contributed by atoms with van der Waals surface area (Å²) >= 11 is 0. The van der Waals surface area contributed by atoms with Crippen molar-refractivity contribution in [2.45, 2.75) is 37.8 Å². The molecule has 1 aliphatic heterocycles. The predicted molar refractivity (Wildman–Crippen MR) is 128 cm³/mol. The van der Waals surface area contributed by atoms with Crippen molar-refractivity contribution in [1.29, 1.82) is 0 Å². The summed E-state index contributed by atoms with van der Waals surface area (Å²) in [6, 6.07) is 16.2. The largest absolute Gasteiger partial charge is 0.480 e. The van der Waals surface area contributed by atoms with Crippen molar-refractivity contribution < 1.29 is 24.2 Å². The molecule has 9 nitrogen and oxygen atoms in total. The summed E-state index contributed by atoms with van der Waals surface area (Å²) in [5.74, 6) is -1.39. The van der Waals surface area contributed by atoms with Gasteiger partial charge in [-0.1, -0.05) is 48.5 Å². The Morgan fingerprint density at radius 1 is 1.11 bits per heavy atom. The highest BCUT2D eigenvalue weighted by Gasteiger charge is 2.45. The normalized spacial score (nSPS) is 18.7. The third kappa shape index (κ3) is 4.14. The number of carbonyl (C=O) groups is 3. The molecule has 35 heavy (non-hydrogen) atoms. The molecule has 0 spiro atoms. The molecule has 5 rings (SSSR count). The van der Waals surface area contributed by atoms with Crippen LogP contribution >= 0.6 is 0 Å². The Labute approximate surface area is 202 Å². The Balaban J connectivity index is 1.19. The van der Waals surface area contributed by atoms with Gasteiger partial charge in [-0.05, 0) is 42.0 Å². The van der Waals surface area contributed by atoms with E-state index < -0.39 is 17.6 Å². The zero-order valence-corrected chi connectivity index (χ0v) is 19.3. The van der Waals surface area contributed by atoms with Crippen molar-refractivity contribution in [3.05, 3.63) is 72.1 Å². The lowest BCUT2D eigenvalue weighted by Gasteiger charge is -2.31. The quantitative estimate of drug-likeness (QED) is 0.563. The van der Waals surface area contributed by atoms with Gasteiger partial charge in [-0.3, -0.25) is 14.8 Å². The van der Waals surface area contributed by atoms with Crippen LogP contribution in [0.2, 0.25) is 0 Å². The Bertz CT molecular complexity index is 1260. The number of likely N-dealkylation sites (tertiary alicyclic amines) is 1. The van der Waals surface area contributed by atoms with Crippen molar-refractivity contribution in [2.75, 3.05) is 18.5 Å². The van der Waals surface area contributed by atoms with Gasteiger partial charge >= 0.3 is 12.1 Å². The maximum Gasteiger partial charge on any atom is 0.411 e. The van der Waals surface area contributed by atoms with Crippen molar-refractivity contribution in [3.63, 3.8) is 0 Å². The number of hydrogen-bond acceptors (Lipinski definition) is 5.